The molecule has 0 saturated heterocycles. The van der Waals surface area contributed by atoms with Crippen molar-refractivity contribution in [1.82, 2.24) is 9.97 Å². The average Bonchev–Trinajstić information content (AvgIpc) is 2.96. The summed E-state index contributed by atoms with van der Waals surface area (Å²) in [6.45, 7) is 2.14. The summed E-state index contributed by atoms with van der Waals surface area (Å²) >= 11 is 1.34. The fourth-order valence-electron chi connectivity index (χ4n) is 2.01. The van der Waals surface area contributed by atoms with E-state index in [0.717, 1.165) is 10.7 Å². The number of aromatic nitrogens is 2. The van der Waals surface area contributed by atoms with Crippen molar-refractivity contribution in [3.05, 3.63) is 70.4 Å². The van der Waals surface area contributed by atoms with Gasteiger partial charge in [-0.15, -0.1) is 11.3 Å². The van der Waals surface area contributed by atoms with E-state index in [1.807, 2.05) is 43.3 Å². The van der Waals surface area contributed by atoms with Crippen molar-refractivity contribution in [3.63, 3.8) is 0 Å². The first-order valence-corrected chi connectivity index (χ1v) is 7.89. The van der Waals surface area contributed by atoms with Crippen LogP contribution in [0.1, 0.15) is 20.4 Å². The zero-order chi connectivity index (χ0) is 16.1. The molecule has 0 spiro atoms. The fourth-order valence-corrected chi connectivity index (χ4v) is 2.88. The molecule has 0 fully saturated rings. The molecule has 0 unspecified atom stereocenters. The first-order valence-electron chi connectivity index (χ1n) is 7.08. The first kappa shape index (κ1) is 15.2. The molecule has 2 aromatic heterocycles. The largest absolute Gasteiger partial charge is 0.485 e. The van der Waals surface area contributed by atoms with Crippen LogP contribution in [-0.4, -0.2) is 15.9 Å². The van der Waals surface area contributed by atoms with Gasteiger partial charge in [0, 0.05) is 11.9 Å². The number of para-hydroxylation sites is 1. The van der Waals surface area contributed by atoms with Gasteiger partial charge >= 0.3 is 0 Å². The quantitative estimate of drug-likeness (QED) is 0.777. The molecule has 0 aliphatic carbocycles. The maximum Gasteiger partial charge on any atom is 0.267 e. The van der Waals surface area contributed by atoms with Crippen LogP contribution >= 0.6 is 11.3 Å². The molecule has 3 aromatic rings. The summed E-state index contributed by atoms with van der Waals surface area (Å²) in [5.74, 6) is 0.523. The van der Waals surface area contributed by atoms with E-state index in [-0.39, 0.29) is 5.91 Å². The van der Waals surface area contributed by atoms with Gasteiger partial charge in [-0.2, -0.15) is 0 Å². The minimum Gasteiger partial charge on any atom is -0.485 e. The fraction of sp³-hybridized carbons (Fsp3) is 0.118. The second-order valence-corrected chi connectivity index (χ2v) is 5.90. The van der Waals surface area contributed by atoms with Crippen molar-refractivity contribution < 1.29 is 9.53 Å². The van der Waals surface area contributed by atoms with Crippen molar-refractivity contribution in [3.8, 4) is 5.75 Å². The lowest BCUT2D eigenvalue weighted by atomic mass is 10.3. The van der Waals surface area contributed by atoms with E-state index in [1.54, 1.807) is 18.5 Å². The smallest absolute Gasteiger partial charge is 0.267 e. The summed E-state index contributed by atoms with van der Waals surface area (Å²) < 4.78 is 5.61. The predicted molar refractivity (Wildman–Crippen MR) is 89.8 cm³/mol. The van der Waals surface area contributed by atoms with Crippen LogP contribution in [0, 0.1) is 6.92 Å². The zero-order valence-corrected chi connectivity index (χ0v) is 13.3. The third kappa shape index (κ3) is 3.92. The molecule has 0 radical (unpaired) electrons. The van der Waals surface area contributed by atoms with E-state index < -0.39 is 0 Å². The molecule has 2 heterocycles. The number of nitrogens with one attached hydrogen (secondary N) is 1. The summed E-state index contributed by atoms with van der Waals surface area (Å²) in [4.78, 5) is 21.3. The number of benzene rings is 1. The summed E-state index contributed by atoms with van der Waals surface area (Å²) in [6, 6.07) is 13.0. The molecule has 0 atom stereocenters. The van der Waals surface area contributed by atoms with Gasteiger partial charge in [0.05, 0.1) is 11.9 Å². The van der Waals surface area contributed by atoms with E-state index in [2.05, 4.69) is 15.3 Å². The van der Waals surface area contributed by atoms with E-state index in [4.69, 9.17) is 4.74 Å². The topological polar surface area (TPSA) is 64.1 Å². The molecule has 1 N–H and O–H groups in total. The van der Waals surface area contributed by atoms with Gasteiger partial charge in [0.2, 0.25) is 0 Å². The van der Waals surface area contributed by atoms with Crippen LogP contribution in [0.2, 0.25) is 0 Å². The number of pyridine rings is 1. The van der Waals surface area contributed by atoms with Crippen molar-refractivity contribution in [1.29, 1.82) is 0 Å². The van der Waals surface area contributed by atoms with Crippen LogP contribution in [0.15, 0.2) is 54.9 Å². The number of aryl methyl sites for hydroxylation is 1. The normalized spacial score (nSPS) is 10.3. The summed E-state index contributed by atoms with van der Waals surface area (Å²) in [5, 5.41) is 3.62. The second kappa shape index (κ2) is 7.02. The Morgan fingerprint density at radius 1 is 1.22 bits per heavy atom. The maximum absolute atomic E-state index is 12.3. The number of carbonyl (C=O) groups is 1. The minimum atomic E-state index is -0.154. The number of anilines is 1. The molecule has 0 aliphatic rings. The van der Waals surface area contributed by atoms with Crippen LogP contribution < -0.4 is 10.1 Å². The van der Waals surface area contributed by atoms with Gasteiger partial charge < -0.3 is 10.1 Å². The Labute approximate surface area is 138 Å². The molecular formula is C17H15N3O2S. The third-order valence-electron chi connectivity index (χ3n) is 3.08. The number of amides is 1. The minimum absolute atomic E-state index is 0.154. The Hall–Kier alpha value is -2.73. The summed E-state index contributed by atoms with van der Waals surface area (Å²) in [6.07, 6.45) is 3.33. The Morgan fingerprint density at radius 3 is 2.78 bits per heavy atom. The molecule has 23 heavy (non-hydrogen) atoms. The van der Waals surface area contributed by atoms with Crippen molar-refractivity contribution in [2.75, 3.05) is 5.32 Å². The standard InChI is InChI=1S/C17H15N3O2S/c1-12-16(17(21)20-13-6-3-2-4-7-13)23-15(19-12)11-22-14-8-5-9-18-10-14/h2-10H,11H2,1H3,(H,20,21). The molecule has 0 aliphatic heterocycles. The highest BCUT2D eigenvalue weighted by atomic mass is 32.1. The highest BCUT2D eigenvalue weighted by Gasteiger charge is 2.15. The van der Waals surface area contributed by atoms with E-state index >= 15 is 0 Å². The summed E-state index contributed by atoms with van der Waals surface area (Å²) in [5.41, 5.74) is 1.46. The number of ether oxygens (including phenoxy) is 1. The Kier molecular flexibility index (Phi) is 4.63. The molecule has 0 bridgehead atoms. The molecule has 0 saturated carbocycles. The Balaban J connectivity index is 1.67. The van der Waals surface area contributed by atoms with Gasteiger partial charge in [0.25, 0.3) is 5.91 Å². The van der Waals surface area contributed by atoms with Crippen LogP contribution in [0.5, 0.6) is 5.75 Å². The number of thiazole rings is 1. The molecule has 116 valence electrons. The number of hydrogen-bond acceptors (Lipinski definition) is 5. The number of carbonyl (C=O) groups excluding carboxylic acids is 1. The van der Waals surface area contributed by atoms with E-state index in [0.29, 0.717) is 22.9 Å². The second-order valence-electron chi connectivity index (χ2n) is 4.82. The molecule has 6 heteroatoms. The van der Waals surface area contributed by atoms with Gasteiger partial charge in [-0.25, -0.2) is 4.98 Å². The lowest BCUT2D eigenvalue weighted by Crippen LogP contribution is -2.11. The van der Waals surface area contributed by atoms with Gasteiger partial charge in [0.15, 0.2) is 0 Å². The Morgan fingerprint density at radius 2 is 2.04 bits per heavy atom. The first-order chi connectivity index (χ1) is 11.2. The van der Waals surface area contributed by atoms with Gasteiger partial charge in [0.1, 0.15) is 22.2 Å². The van der Waals surface area contributed by atoms with Crippen molar-refractivity contribution in [2.45, 2.75) is 13.5 Å². The molecule has 1 aromatic carbocycles. The lowest BCUT2D eigenvalue weighted by Gasteiger charge is -2.03. The van der Waals surface area contributed by atoms with Crippen LogP contribution in [0.25, 0.3) is 0 Å². The number of rotatable bonds is 5. The van der Waals surface area contributed by atoms with Crippen LogP contribution in [-0.2, 0) is 6.61 Å². The van der Waals surface area contributed by atoms with Gasteiger partial charge in [-0.05, 0) is 31.2 Å². The van der Waals surface area contributed by atoms with Gasteiger partial charge in [-0.1, -0.05) is 18.2 Å². The van der Waals surface area contributed by atoms with E-state index in [1.165, 1.54) is 11.3 Å². The maximum atomic E-state index is 12.3. The molecule has 1 amide bonds. The van der Waals surface area contributed by atoms with Gasteiger partial charge in [-0.3, -0.25) is 9.78 Å². The highest BCUT2D eigenvalue weighted by molar-refractivity contribution is 7.13. The zero-order valence-electron chi connectivity index (χ0n) is 12.5. The highest BCUT2D eigenvalue weighted by Crippen LogP contribution is 2.21. The van der Waals surface area contributed by atoms with Crippen LogP contribution in [0.3, 0.4) is 0 Å². The SMILES string of the molecule is Cc1nc(COc2cccnc2)sc1C(=O)Nc1ccccc1. The lowest BCUT2D eigenvalue weighted by molar-refractivity contribution is 0.103. The number of hydrogen-bond donors (Lipinski definition) is 1. The molecule has 5 nitrogen and oxygen atoms in total. The van der Waals surface area contributed by atoms with E-state index in [9.17, 15) is 4.79 Å². The number of nitrogens with zero attached hydrogens (tertiary/aromatic N) is 2. The van der Waals surface area contributed by atoms with Crippen molar-refractivity contribution in [2.24, 2.45) is 0 Å². The summed E-state index contributed by atoms with van der Waals surface area (Å²) in [7, 11) is 0. The third-order valence-corrected chi connectivity index (χ3v) is 4.21. The molecule has 3 rings (SSSR count). The van der Waals surface area contributed by atoms with Crippen molar-refractivity contribution >= 4 is 22.9 Å². The Bertz CT molecular complexity index is 788. The predicted octanol–water partition coefficient (Wildman–Crippen LogP) is 3.68. The van der Waals surface area contributed by atoms with Crippen LogP contribution in [0.4, 0.5) is 5.69 Å². The monoisotopic (exact) mass is 325 g/mol. The average molecular weight is 325 g/mol. The molecular weight excluding hydrogens is 310 g/mol.